The van der Waals surface area contributed by atoms with Gasteiger partial charge in [0.15, 0.2) is 5.69 Å². The molecule has 100 valence electrons. The van der Waals surface area contributed by atoms with E-state index in [2.05, 4.69) is 39.2 Å². The molecule has 0 aliphatic rings. The van der Waals surface area contributed by atoms with Crippen molar-refractivity contribution in [1.29, 1.82) is 0 Å². The molecule has 0 fully saturated rings. The van der Waals surface area contributed by atoms with E-state index in [0.717, 1.165) is 0 Å². The molecule has 2 N–H and O–H groups in total. The summed E-state index contributed by atoms with van der Waals surface area (Å²) in [6.45, 7) is 4.50. The van der Waals surface area contributed by atoms with Crippen LogP contribution in [0.2, 0.25) is 0 Å². The zero-order valence-corrected chi connectivity index (χ0v) is 11.7. The van der Waals surface area contributed by atoms with Gasteiger partial charge in [-0.3, -0.25) is 4.79 Å². The second-order valence-corrected chi connectivity index (χ2v) is 4.87. The van der Waals surface area contributed by atoms with E-state index in [1.165, 1.54) is 5.56 Å². The number of carbonyl (C=O) groups is 1. The summed E-state index contributed by atoms with van der Waals surface area (Å²) in [6, 6.07) is 5.66. The third-order valence-electron chi connectivity index (χ3n) is 2.64. The van der Waals surface area contributed by atoms with Gasteiger partial charge in [0, 0.05) is 6.54 Å². The van der Waals surface area contributed by atoms with Gasteiger partial charge < -0.3 is 10.6 Å². The zero-order valence-electron chi connectivity index (χ0n) is 10.9. The first-order chi connectivity index (χ1) is 9.20. The predicted octanol–water partition coefficient (Wildman–Crippen LogP) is 2.46. The minimum Gasteiger partial charge on any atom is -0.362 e. The van der Waals surface area contributed by atoms with Crippen LogP contribution < -0.4 is 10.6 Å². The molecule has 2 aromatic heterocycles. The number of aromatic nitrogens is 2. The monoisotopic (exact) mass is 276 g/mol. The molecule has 1 amide bonds. The smallest absolute Gasteiger partial charge is 0.271 e. The fourth-order valence-corrected chi connectivity index (χ4v) is 2.36. The van der Waals surface area contributed by atoms with E-state index in [-0.39, 0.29) is 11.9 Å². The Hall–Kier alpha value is -1.95. The predicted molar refractivity (Wildman–Crippen MR) is 76.4 cm³/mol. The number of rotatable bonds is 5. The lowest BCUT2D eigenvalue weighted by atomic mass is 10.2. The van der Waals surface area contributed by atoms with Crippen LogP contribution in [-0.2, 0) is 0 Å². The van der Waals surface area contributed by atoms with Crippen molar-refractivity contribution in [2.24, 2.45) is 0 Å². The van der Waals surface area contributed by atoms with Gasteiger partial charge in [-0.15, -0.1) is 10.2 Å². The van der Waals surface area contributed by atoms with Crippen LogP contribution in [0.25, 0.3) is 0 Å². The first-order valence-corrected chi connectivity index (χ1v) is 7.05. The Kier molecular flexibility index (Phi) is 4.46. The fraction of sp³-hybridized carbons (Fsp3) is 0.308. The van der Waals surface area contributed by atoms with E-state index in [1.54, 1.807) is 23.5 Å². The highest BCUT2D eigenvalue weighted by atomic mass is 32.1. The molecule has 0 bridgehead atoms. The highest BCUT2D eigenvalue weighted by Crippen LogP contribution is 2.19. The molecule has 0 aliphatic heterocycles. The molecule has 19 heavy (non-hydrogen) atoms. The second-order valence-electron chi connectivity index (χ2n) is 4.09. The number of nitrogens with one attached hydrogen (secondary N) is 2. The average Bonchev–Trinajstić information content (AvgIpc) is 2.94. The number of hydrogen-bond donors (Lipinski definition) is 2. The van der Waals surface area contributed by atoms with Gasteiger partial charge in [-0.1, -0.05) is 0 Å². The molecule has 5 nitrogen and oxygen atoms in total. The third-order valence-corrected chi connectivity index (χ3v) is 3.34. The number of amides is 1. The number of nitrogens with zero attached hydrogens (tertiary/aromatic N) is 2. The van der Waals surface area contributed by atoms with Crippen LogP contribution in [0.5, 0.6) is 0 Å². The maximum Gasteiger partial charge on any atom is 0.271 e. The topological polar surface area (TPSA) is 66.9 Å². The number of carbonyl (C=O) groups excluding carboxylic acids is 1. The van der Waals surface area contributed by atoms with Gasteiger partial charge in [0.05, 0.1) is 6.04 Å². The largest absolute Gasteiger partial charge is 0.362 e. The minimum atomic E-state index is -0.201. The normalized spacial score (nSPS) is 11.9. The quantitative estimate of drug-likeness (QED) is 0.880. The highest BCUT2D eigenvalue weighted by Gasteiger charge is 2.09. The van der Waals surface area contributed by atoms with Crippen LogP contribution >= 0.6 is 11.3 Å². The Bertz CT molecular complexity index is 524. The summed E-state index contributed by atoms with van der Waals surface area (Å²) in [4.78, 5) is 11.5. The summed E-state index contributed by atoms with van der Waals surface area (Å²) in [5.41, 5.74) is 1.54. The summed E-state index contributed by atoms with van der Waals surface area (Å²) in [5.74, 6) is 0.458. The van der Waals surface area contributed by atoms with E-state index in [1.807, 2.05) is 12.3 Å². The van der Waals surface area contributed by atoms with Crippen molar-refractivity contribution in [2.45, 2.75) is 19.9 Å². The standard InChI is InChI=1S/C13H16N4OS/c1-3-14-13(18)11-4-5-12(17-16-11)15-9(2)10-6-7-19-8-10/h4-9H,3H2,1-2H3,(H,14,18)(H,15,17). The lowest BCUT2D eigenvalue weighted by Crippen LogP contribution is -2.24. The highest BCUT2D eigenvalue weighted by molar-refractivity contribution is 7.07. The molecule has 0 radical (unpaired) electrons. The van der Waals surface area contributed by atoms with Gasteiger partial charge in [-0.25, -0.2) is 0 Å². The van der Waals surface area contributed by atoms with Crippen LogP contribution in [0.3, 0.4) is 0 Å². The van der Waals surface area contributed by atoms with Crippen molar-refractivity contribution in [1.82, 2.24) is 15.5 Å². The Morgan fingerprint density at radius 2 is 2.21 bits per heavy atom. The van der Waals surface area contributed by atoms with E-state index in [4.69, 9.17) is 0 Å². The van der Waals surface area contributed by atoms with Crippen molar-refractivity contribution in [3.8, 4) is 0 Å². The Morgan fingerprint density at radius 3 is 2.79 bits per heavy atom. The fourth-order valence-electron chi connectivity index (χ4n) is 1.61. The molecule has 0 spiro atoms. The third kappa shape index (κ3) is 3.51. The molecule has 2 rings (SSSR count). The molecule has 0 saturated carbocycles. The van der Waals surface area contributed by atoms with Gasteiger partial charge in [0.1, 0.15) is 5.82 Å². The molecule has 6 heteroatoms. The Labute approximate surface area is 116 Å². The Morgan fingerprint density at radius 1 is 1.37 bits per heavy atom. The van der Waals surface area contributed by atoms with Crippen molar-refractivity contribution in [3.05, 3.63) is 40.2 Å². The number of thiophene rings is 1. The summed E-state index contributed by atoms with van der Waals surface area (Å²) < 4.78 is 0. The van der Waals surface area contributed by atoms with Crippen LogP contribution in [0.15, 0.2) is 29.0 Å². The molecule has 1 atom stereocenters. The van der Waals surface area contributed by atoms with E-state index in [9.17, 15) is 4.79 Å². The Balaban J connectivity index is 2.01. The van der Waals surface area contributed by atoms with Gasteiger partial charge >= 0.3 is 0 Å². The van der Waals surface area contributed by atoms with Crippen LogP contribution in [0.4, 0.5) is 5.82 Å². The van der Waals surface area contributed by atoms with Gasteiger partial charge in [-0.2, -0.15) is 11.3 Å². The minimum absolute atomic E-state index is 0.163. The SMILES string of the molecule is CCNC(=O)c1ccc(NC(C)c2ccsc2)nn1. The lowest BCUT2D eigenvalue weighted by Gasteiger charge is -2.12. The lowest BCUT2D eigenvalue weighted by molar-refractivity contribution is 0.0950. The molecule has 1 unspecified atom stereocenters. The van der Waals surface area contributed by atoms with Gasteiger partial charge in [0.2, 0.25) is 0 Å². The first kappa shape index (κ1) is 13.5. The van der Waals surface area contributed by atoms with Crippen molar-refractivity contribution in [3.63, 3.8) is 0 Å². The van der Waals surface area contributed by atoms with Crippen LogP contribution in [0, 0.1) is 0 Å². The summed E-state index contributed by atoms with van der Waals surface area (Å²) in [5, 5.41) is 18.0. The summed E-state index contributed by atoms with van der Waals surface area (Å²) in [7, 11) is 0. The molecular formula is C13H16N4OS. The van der Waals surface area contributed by atoms with Crippen LogP contribution in [0.1, 0.15) is 35.9 Å². The van der Waals surface area contributed by atoms with E-state index < -0.39 is 0 Å². The second kappa shape index (κ2) is 6.29. The van der Waals surface area contributed by atoms with Crippen molar-refractivity contribution < 1.29 is 4.79 Å². The zero-order chi connectivity index (χ0) is 13.7. The summed E-state index contributed by atoms with van der Waals surface area (Å²) >= 11 is 1.66. The molecule has 2 aromatic rings. The number of hydrogen-bond acceptors (Lipinski definition) is 5. The maximum atomic E-state index is 11.5. The van der Waals surface area contributed by atoms with E-state index >= 15 is 0 Å². The van der Waals surface area contributed by atoms with Gasteiger partial charge in [0.25, 0.3) is 5.91 Å². The number of anilines is 1. The molecule has 0 saturated heterocycles. The van der Waals surface area contributed by atoms with Gasteiger partial charge in [-0.05, 0) is 48.4 Å². The average molecular weight is 276 g/mol. The summed E-state index contributed by atoms with van der Waals surface area (Å²) in [6.07, 6.45) is 0. The van der Waals surface area contributed by atoms with Crippen LogP contribution in [-0.4, -0.2) is 22.6 Å². The molecular weight excluding hydrogens is 260 g/mol. The molecule has 0 aliphatic carbocycles. The van der Waals surface area contributed by atoms with Crippen molar-refractivity contribution >= 4 is 23.1 Å². The first-order valence-electron chi connectivity index (χ1n) is 6.11. The van der Waals surface area contributed by atoms with E-state index in [0.29, 0.717) is 18.1 Å². The molecule has 0 aromatic carbocycles. The van der Waals surface area contributed by atoms with Crippen molar-refractivity contribution in [2.75, 3.05) is 11.9 Å². The maximum absolute atomic E-state index is 11.5. The molecule has 2 heterocycles.